The molecule has 0 radical (unpaired) electrons. The lowest BCUT2D eigenvalue weighted by Crippen LogP contribution is -2.33. The maximum atomic E-state index is 12.6. The van der Waals surface area contributed by atoms with Gasteiger partial charge in [-0.05, 0) is 38.1 Å². The van der Waals surface area contributed by atoms with Gasteiger partial charge in [-0.1, -0.05) is 29.3 Å². The zero-order valence-corrected chi connectivity index (χ0v) is 16.1. The molecule has 3 amide bonds. The van der Waals surface area contributed by atoms with Crippen molar-refractivity contribution in [2.24, 2.45) is 0 Å². The van der Waals surface area contributed by atoms with Crippen molar-refractivity contribution >= 4 is 35.5 Å². The number of nitrogens with zero attached hydrogens (tertiary/aromatic N) is 1. The van der Waals surface area contributed by atoms with E-state index in [0.717, 1.165) is 0 Å². The number of fused-ring (bicyclic) bond motifs is 1. The average Bonchev–Trinajstić information content (AvgIpc) is 2.91. The van der Waals surface area contributed by atoms with Crippen LogP contribution in [0.15, 0.2) is 53.4 Å². The van der Waals surface area contributed by atoms with Gasteiger partial charge in [0.25, 0.3) is 11.8 Å². The SMILES string of the molecule is CC(C)NC(=O)CSc1ccccc1C(=O)ON1C(=O)c2ccccc2C1=O. The first-order valence-corrected chi connectivity index (χ1v) is 9.58. The molecule has 1 aliphatic rings. The predicted octanol–water partition coefficient (Wildman–Crippen LogP) is 2.67. The number of carbonyl (C=O) groups excluding carboxylic acids is 4. The minimum absolute atomic E-state index is 0.0159. The van der Waals surface area contributed by atoms with Gasteiger partial charge in [0.15, 0.2) is 0 Å². The molecule has 8 heteroatoms. The van der Waals surface area contributed by atoms with Crippen LogP contribution in [0.4, 0.5) is 0 Å². The molecule has 144 valence electrons. The normalized spacial score (nSPS) is 12.9. The van der Waals surface area contributed by atoms with Crippen molar-refractivity contribution in [2.45, 2.75) is 24.8 Å². The Morgan fingerprint density at radius 3 is 2.18 bits per heavy atom. The van der Waals surface area contributed by atoms with E-state index in [-0.39, 0.29) is 34.4 Å². The summed E-state index contributed by atoms with van der Waals surface area (Å²) in [5, 5.41) is 3.24. The van der Waals surface area contributed by atoms with Crippen LogP contribution in [0.1, 0.15) is 44.9 Å². The Bertz CT molecular complexity index is 922. The predicted molar refractivity (Wildman–Crippen MR) is 103 cm³/mol. The first-order valence-electron chi connectivity index (χ1n) is 8.59. The van der Waals surface area contributed by atoms with E-state index in [1.54, 1.807) is 30.3 Å². The number of benzene rings is 2. The monoisotopic (exact) mass is 398 g/mol. The molecule has 2 aromatic carbocycles. The second-order valence-corrected chi connectivity index (χ2v) is 7.35. The topological polar surface area (TPSA) is 92.8 Å². The zero-order chi connectivity index (χ0) is 20.3. The molecule has 0 aliphatic carbocycles. The molecule has 28 heavy (non-hydrogen) atoms. The van der Waals surface area contributed by atoms with Gasteiger partial charge >= 0.3 is 5.97 Å². The molecule has 0 aromatic heterocycles. The van der Waals surface area contributed by atoms with Crippen LogP contribution in [-0.2, 0) is 9.63 Å². The van der Waals surface area contributed by atoms with E-state index < -0.39 is 17.8 Å². The minimum Gasteiger partial charge on any atom is -0.353 e. The molecule has 0 bridgehead atoms. The summed E-state index contributed by atoms with van der Waals surface area (Å²) < 4.78 is 0. The number of thioether (sulfide) groups is 1. The summed E-state index contributed by atoms with van der Waals surface area (Å²) in [7, 11) is 0. The van der Waals surface area contributed by atoms with Crippen molar-refractivity contribution < 1.29 is 24.0 Å². The van der Waals surface area contributed by atoms with Gasteiger partial charge in [-0.2, -0.15) is 0 Å². The largest absolute Gasteiger partial charge is 0.365 e. The van der Waals surface area contributed by atoms with Crippen LogP contribution in [0.5, 0.6) is 0 Å². The van der Waals surface area contributed by atoms with Crippen molar-refractivity contribution in [3.05, 3.63) is 65.2 Å². The van der Waals surface area contributed by atoms with Gasteiger partial charge in [0.1, 0.15) is 0 Å². The summed E-state index contributed by atoms with van der Waals surface area (Å²) in [6.45, 7) is 3.71. The summed E-state index contributed by atoms with van der Waals surface area (Å²) in [6.07, 6.45) is 0. The molecular formula is C20H18N2O5S. The van der Waals surface area contributed by atoms with Gasteiger partial charge in [-0.15, -0.1) is 11.8 Å². The molecule has 0 atom stereocenters. The molecular weight excluding hydrogens is 380 g/mol. The number of rotatable bonds is 6. The van der Waals surface area contributed by atoms with E-state index in [9.17, 15) is 19.2 Å². The molecule has 0 saturated carbocycles. The second kappa shape index (κ2) is 8.26. The molecule has 1 heterocycles. The lowest BCUT2D eigenvalue weighted by molar-refractivity contribution is -0.119. The highest BCUT2D eigenvalue weighted by molar-refractivity contribution is 8.00. The fraction of sp³-hybridized carbons (Fsp3) is 0.200. The third kappa shape index (κ3) is 4.07. The van der Waals surface area contributed by atoms with Gasteiger partial charge in [-0.3, -0.25) is 14.4 Å². The van der Waals surface area contributed by atoms with Crippen LogP contribution in [-0.4, -0.2) is 40.5 Å². The van der Waals surface area contributed by atoms with E-state index in [1.807, 2.05) is 13.8 Å². The summed E-state index contributed by atoms with van der Waals surface area (Å²) in [4.78, 5) is 54.8. The Balaban J connectivity index is 1.73. The smallest absolute Gasteiger partial charge is 0.353 e. The molecule has 2 aromatic rings. The van der Waals surface area contributed by atoms with E-state index in [1.165, 1.54) is 30.0 Å². The molecule has 0 fully saturated rings. The number of hydrogen-bond acceptors (Lipinski definition) is 6. The van der Waals surface area contributed by atoms with Crippen molar-refractivity contribution in [3.8, 4) is 0 Å². The van der Waals surface area contributed by atoms with Crippen LogP contribution < -0.4 is 5.32 Å². The first kappa shape index (κ1) is 19.6. The standard InChI is InChI=1S/C20H18N2O5S/c1-12(2)21-17(23)11-28-16-10-6-5-9-15(16)20(26)27-22-18(24)13-7-3-4-8-14(13)19(22)25/h3-10,12H,11H2,1-2H3,(H,21,23). The number of imide groups is 1. The first-order chi connectivity index (χ1) is 13.4. The second-order valence-electron chi connectivity index (χ2n) is 6.34. The lowest BCUT2D eigenvalue weighted by Gasteiger charge is -2.14. The minimum atomic E-state index is -0.845. The summed E-state index contributed by atoms with van der Waals surface area (Å²) in [5.41, 5.74) is 0.544. The van der Waals surface area contributed by atoms with E-state index in [2.05, 4.69) is 5.32 Å². The van der Waals surface area contributed by atoms with Gasteiger partial charge in [-0.25, -0.2) is 4.79 Å². The molecule has 3 rings (SSSR count). The maximum absolute atomic E-state index is 12.6. The van der Waals surface area contributed by atoms with Crippen molar-refractivity contribution in [1.82, 2.24) is 10.4 Å². The molecule has 0 spiro atoms. The van der Waals surface area contributed by atoms with Gasteiger partial charge < -0.3 is 10.2 Å². The van der Waals surface area contributed by atoms with Crippen LogP contribution in [0, 0.1) is 0 Å². The van der Waals surface area contributed by atoms with Crippen LogP contribution >= 0.6 is 11.8 Å². The number of nitrogens with one attached hydrogen (secondary N) is 1. The van der Waals surface area contributed by atoms with Crippen LogP contribution in [0.2, 0.25) is 0 Å². The Kier molecular flexibility index (Phi) is 5.79. The Morgan fingerprint density at radius 2 is 1.57 bits per heavy atom. The fourth-order valence-corrected chi connectivity index (χ4v) is 3.50. The average molecular weight is 398 g/mol. The summed E-state index contributed by atoms with van der Waals surface area (Å²) in [5.74, 6) is -2.26. The Hall–Kier alpha value is -3.13. The van der Waals surface area contributed by atoms with Crippen LogP contribution in [0.25, 0.3) is 0 Å². The van der Waals surface area contributed by atoms with E-state index in [0.29, 0.717) is 9.96 Å². The molecule has 0 unspecified atom stereocenters. The third-order valence-corrected chi connectivity index (χ3v) is 4.92. The van der Waals surface area contributed by atoms with Gasteiger partial charge in [0, 0.05) is 10.9 Å². The maximum Gasteiger partial charge on any atom is 0.365 e. The lowest BCUT2D eigenvalue weighted by atomic mass is 10.1. The van der Waals surface area contributed by atoms with Gasteiger partial charge in [0.2, 0.25) is 5.91 Å². The fourth-order valence-electron chi connectivity index (χ4n) is 2.65. The van der Waals surface area contributed by atoms with Crippen molar-refractivity contribution in [2.75, 3.05) is 5.75 Å². The molecule has 1 N–H and O–H groups in total. The van der Waals surface area contributed by atoms with E-state index in [4.69, 9.17) is 4.84 Å². The highest BCUT2D eigenvalue weighted by atomic mass is 32.2. The number of amides is 3. The third-order valence-electron chi connectivity index (χ3n) is 3.85. The Morgan fingerprint density at radius 1 is 1.00 bits per heavy atom. The highest BCUT2D eigenvalue weighted by Gasteiger charge is 2.39. The number of hydrogen-bond donors (Lipinski definition) is 1. The summed E-state index contributed by atoms with van der Waals surface area (Å²) >= 11 is 1.17. The van der Waals surface area contributed by atoms with Crippen molar-refractivity contribution in [3.63, 3.8) is 0 Å². The summed E-state index contributed by atoms with van der Waals surface area (Å²) in [6, 6.07) is 12.8. The number of carbonyl (C=O) groups is 4. The van der Waals surface area contributed by atoms with Crippen molar-refractivity contribution in [1.29, 1.82) is 0 Å². The van der Waals surface area contributed by atoms with Crippen LogP contribution in [0.3, 0.4) is 0 Å². The molecule has 7 nitrogen and oxygen atoms in total. The number of hydroxylamine groups is 2. The Labute approximate surface area is 166 Å². The quantitative estimate of drug-likeness (QED) is 0.594. The molecule has 1 aliphatic heterocycles. The van der Waals surface area contributed by atoms with E-state index >= 15 is 0 Å². The highest BCUT2D eigenvalue weighted by Crippen LogP contribution is 2.26. The molecule has 0 saturated heterocycles. The zero-order valence-electron chi connectivity index (χ0n) is 15.3. The van der Waals surface area contributed by atoms with Gasteiger partial charge in [0.05, 0.1) is 22.4 Å².